The highest BCUT2D eigenvalue weighted by atomic mass is 32.1. The normalized spacial score (nSPS) is 15.5. The van der Waals surface area contributed by atoms with Gasteiger partial charge < -0.3 is 18.6 Å². The van der Waals surface area contributed by atoms with Gasteiger partial charge in [-0.05, 0) is 31.0 Å². The first-order valence-corrected chi connectivity index (χ1v) is 11.2. The van der Waals surface area contributed by atoms with Gasteiger partial charge in [0.25, 0.3) is 0 Å². The predicted molar refractivity (Wildman–Crippen MR) is 122 cm³/mol. The lowest BCUT2D eigenvalue weighted by Crippen LogP contribution is -2.19. The molecule has 0 N–H and O–H groups in total. The summed E-state index contributed by atoms with van der Waals surface area (Å²) in [5.41, 5.74) is 1.63. The van der Waals surface area contributed by atoms with Gasteiger partial charge in [-0.1, -0.05) is 19.3 Å². The first-order valence-electron chi connectivity index (χ1n) is 10.4. The van der Waals surface area contributed by atoms with Crippen molar-refractivity contribution in [3.8, 4) is 28.7 Å². The third-order valence-corrected chi connectivity index (χ3v) is 6.21. The molecule has 0 unspecified atom stereocenters. The molecule has 0 amide bonds. The number of ether oxygens (including phenoxy) is 3. The van der Waals surface area contributed by atoms with Gasteiger partial charge in [-0.25, -0.2) is 4.68 Å². The zero-order valence-corrected chi connectivity index (χ0v) is 18.9. The minimum atomic E-state index is 0.342. The molecule has 0 aliphatic heterocycles. The average Bonchev–Trinajstić information content (AvgIpc) is 3.47. The molecule has 31 heavy (non-hydrogen) atoms. The highest BCUT2D eigenvalue weighted by molar-refractivity contribution is 7.07. The number of aromatic nitrogens is 1. The molecule has 1 aliphatic carbocycles. The molecule has 3 aromatic rings. The van der Waals surface area contributed by atoms with Crippen LogP contribution in [-0.2, 0) is 0 Å². The summed E-state index contributed by atoms with van der Waals surface area (Å²) in [6, 6.07) is 7.78. The summed E-state index contributed by atoms with van der Waals surface area (Å²) in [6.45, 7) is 0. The smallest absolute Gasteiger partial charge is 0.206 e. The molecule has 0 atom stereocenters. The van der Waals surface area contributed by atoms with Crippen LogP contribution in [0.2, 0.25) is 0 Å². The van der Waals surface area contributed by atoms with Crippen LogP contribution in [0.25, 0.3) is 11.5 Å². The summed E-state index contributed by atoms with van der Waals surface area (Å²) in [4.78, 5) is 5.87. The average molecular weight is 442 g/mol. The SMILES string of the molecule is COc1cc(OC)c(OC)cc1C=Nn1c(-c2ccco2)csc1=NC1CCCCC1. The minimum Gasteiger partial charge on any atom is -0.496 e. The Bertz CT molecular complexity index is 1090. The summed E-state index contributed by atoms with van der Waals surface area (Å²) in [5, 5.41) is 6.80. The quantitative estimate of drug-likeness (QED) is 0.487. The molecule has 0 bridgehead atoms. The summed E-state index contributed by atoms with van der Waals surface area (Å²) in [6.07, 6.45) is 9.43. The zero-order chi connectivity index (χ0) is 21.6. The van der Waals surface area contributed by atoms with Crippen LogP contribution < -0.4 is 19.0 Å². The van der Waals surface area contributed by atoms with E-state index in [0.717, 1.165) is 34.7 Å². The van der Waals surface area contributed by atoms with Crippen LogP contribution in [0.4, 0.5) is 0 Å². The molecule has 2 heterocycles. The lowest BCUT2D eigenvalue weighted by Gasteiger charge is -2.16. The Balaban J connectivity index is 1.77. The standard InChI is InChI=1S/C23H27N3O4S/c1-27-20-13-22(29-3)21(28-2)12-16(20)14-24-26-18(19-10-7-11-30-19)15-31-23(26)25-17-8-5-4-6-9-17/h7,10-15,17H,4-6,8-9H2,1-3H3. The van der Waals surface area contributed by atoms with E-state index in [0.29, 0.717) is 23.3 Å². The highest BCUT2D eigenvalue weighted by Crippen LogP contribution is 2.34. The maximum Gasteiger partial charge on any atom is 0.206 e. The molecule has 164 valence electrons. The number of benzene rings is 1. The molecular formula is C23H27N3O4S. The Morgan fingerprint density at radius 1 is 1.03 bits per heavy atom. The van der Waals surface area contributed by atoms with Crippen molar-refractivity contribution in [1.29, 1.82) is 0 Å². The van der Waals surface area contributed by atoms with Crippen molar-refractivity contribution in [1.82, 2.24) is 4.68 Å². The maximum atomic E-state index is 5.64. The second-order valence-corrected chi connectivity index (χ2v) is 8.14. The summed E-state index contributed by atoms with van der Waals surface area (Å²) in [5.74, 6) is 2.60. The molecule has 7 nitrogen and oxygen atoms in total. The number of rotatable bonds is 7. The summed E-state index contributed by atoms with van der Waals surface area (Å²) in [7, 11) is 4.82. The van der Waals surface area contributed by atoms with E-state index in [1.807, 2.05) is 28.3 Å². The van der Waals surface area contributed by atoms with Crippen LogP contribution in [0.15, 0.2) is 50.4 Å². The van der Waals surface area contributed by atoms with Gasteiger partial charge in [0.1, 0.15) is 11.4 Å². The molecular weight excluding hydrogens is 414 g/mol. The van der Waals surface area contributed by atoms with E-state index < -0.39 is 0 Å². The van der Waals surface area contributed by atoms with Crippen LogP contribution in [-0.4, -0.2) is 38.3 Å². The molecule has 8 heteroatoms. The Hall–Kier alpha value is -3.00. The topological polar surface area (TPSA) is 70.5 Å². The van der Waals surface area contributed by atoms with E-state index in [9.17, 15) is 0 Å². The first kappa shape index (κ1) is 21.2. The molecule has 0 spiro atoms. The van der Waals surface area contributed by atoms with E-state index >= 15 is 0 Å². The van der Waals surface area contributed by atoms with Gasteiger partial charge in [0.2, 0.25) is 4.80 Å². The number of nitrogens with zero attached hydrogens (tertiary/aromatic N) is 3. The Kier molecular flexibility index (Phi) is 6.76. The van der Waals surface area contributed by atoms with E-state index in [4.69, 9.17) is 28.7 Å². The van der Waals surface area contributed by atoms with Crippen LogP contribution in [0, 0.1) is 0 Å². The molecule has 1 saturated carbocycles. The first-order chi connectivity index (χ1) is 15.2. The van der Waals surface area contributed by atoms with Gasteiger partial charge in [0.15, 0.2) is 17.3 Å². The fourth-order valence-corrected chi connectivity index (χ4v) is 4.62. The molecule has 2 aromatic heterocycles. The summed E-state index contributed by atoms with van der Waals surface area (Å²) < 4.78 is 23.8. The number of methoxy groups -OCH3 is 3. The highest BCUT2D eigenvalue weighted by Gasteiger charge is 2.15. The fourth-order valence-electron chi connectivity index (χ4n) is 3.73. The summed E-state index contributed by atoms with van der Waals surface area (Å²) >= 11 is 1.57. The third kappa shape index (κ3) is 4.69. The van der Waals surface area contributed by atoms with E-state index in [1.54, 1.807) is 51.2 Å². The number of hydrogen-bond donors (Lipinski definition) is 0. The van der Waals surface area contributed by atoms with Crippen molar-refractivity contribution < 1.29 is 18.6 Å². The number of hydrogen-bond acceptors (Lipinski definition) is 7. The van der Waals surface area contributed by atoms with Gasteiger partial charge in [0.05, 0.1) is 39.8 Å². The molecule has 1 aliphatic rings. The van der Waals surface area contributed by atoms with Gasteiger partial charge >= 0.3 is 0 Å². The van der Waals surface area contributed by atoms with Crippen LogP contribution >= 0.6 is 11.3 Å². The van der Waals surface area contributed by atoms with E-state index in [1.165, 1.54) is 19.3 Å². The Labute approximate surface area is 185 Å². The van der Waals surface area contributed by atoms with Crippen molar-refractivity contribution in [2.24, 2.45) is 10.1 Å². The third-order valence-electron chi connectivity index (χ3n) is 5.37. The second-order valence-electron chi connectivity index (χ2n) is 7.31. The van der Waals surface area contributed by atoms with Gasteiger partial charge in [-0.2, -0.15) is 5.10 Å². The Morgan fingerprint density at radius 3 is 2.45 bits per heavy atom. The lowest BCUT2D eigenvalue weighted by molar-refractivity contribution is 0.349. The van der Waals surface area contributed by atoms with Crippen LogP contribution in [0.1, 0.15) is 37.7 Å². The lowest BCUT2D eigenvalue weighted by atomic mass is 9.96. The van der Waals surface area contributed by atoms with Crippen molar-refractivity contribution in [2.45, 2.75) is 38.1 Å². The van der Waals surface area contributed by atoms with E-state index in [2.05, 4.69) is 0 Å². The largest absolute Gasteiger partial charge is 0.496 e. The van der Waals surface area contributed by atoms with Gasteiger partial charge in [-0.15, -0.1) is 11.3 Å². The monoisotopic (exact) mass is 441 g/mol. The zero-order valence-electron chi connectivity index (χ0n) is 18.0. The minimum absolute atomic E-state index is 0.342. The maximum absolute atomic E-state index is 5.64. The molecule has 1 aromatic carbocycles. The molecule has 1 fully saturated rings. The number of furan rings is 1. The predicted octanol–water partition coefficient (Wildman–Crippen LogP) is 4.95. The fraction of sp³-hybridized carbons (Fsp3) is 0.391. The Morgan fingerprint density at radius 2 is 1.77 bits per heavy atom. The van der Waals surface area contributed by atoms with E-state index in [-0.39, 0.29) is 0 Å². The molecule has 0 saturated heterocycles. The van der Waals surface area contributed by atoms with Crippen molar-refractivity contribution in [3.05, 3.63) is 46.3 Å². The second kappa shape index (κ2) is 9.87. The van der Waals surface area contributed by atoms with Crippen LogP contribution in [0.3, 0.4) is 0 Å². The molecule has 0 radical (unpaired) electrons. The van der Waals surface area contributed by atoms with Crippen molar-refractivity contribution in [3.63, 3.8) is 0 Å². The number of thiazole rings is 1. The molecule has 4 rings (SSSR count). The van der Waals surface area contributed by atoms with Crippen LogP contribution in [0.5, 0.6) is 17.2 Å². The van der Waals surface area contributed by atoms with Gasteiger partial charge in [-0.3, -0.25) is 4.99 Å². The van der Waals surface area contributed by atoms with Crippen molar-refractivity contribution in [2.75, 3.05) is 21.3 Å². The van der Waals surface area contributed by atoms with Crippen molar-refractivity contribution >= 4 is 17.6 Å². The van der Waals surface area contributed by atoms with Gasteiger partial charge in [0, 0.05) is 17.0 Å².